The quantitative estimate of drug-likeness (QED) is 0.666. The van der Waals surface area contributed by atoms with Crippen LogP contribution in [0.15, 0.2) is 0 Å². The van der Waals surface area contributed by atoms with Crippen molar-refractivity contribution >= 4 is 11.8 Å². The van der Waals surface area contributed by atoms with Crippen molar-refractivity contribution in [2.45, 2.75) is 33.6 Å². The summed E-state index contributed by atoms with van der Waals surface area (Å²) in [6.07, 6.45) is 0.787. The molecule has 0 saturated heterocycles. The molecule has 0 radical (unpaired) electrons. The Labute approximate surface area is 67.2 Å². The summed E-state index contributed by atoms with van der Waals surface area (Å²) < 4.78 is 0. The van der Waals surface area contributed by atoms with Gasteiger partial charge in [-0.2, -0.15) is 0 Å². The first kappa shape index (κ1) is 10.1. The van der Waals surface area contributed by atoms with Crippen LogP contribution in [0.25, 0.3) is 0 Å². The molecule has 0 unspecified atom stereocenters. The highest BCUT2D eigenvalue weighted by atomic mass is 16.2. The summed E-state index contributed by atoms with van der Waals surface area (Å²) >= 11 is 0. The van der Waals surface area contributed by atoms with Gasteiger partial charge in [-0.15, -0.1) is 0 Å². The molecule has 64 valence electrons. The van der Waals surface area contributed by atoms with Gasteiger partial charge in [0.15, 0.2) is 0 Å². The van der Waals surface area contributed by atoms with Gasteiger partial charge in [0.05, 0.1) is 0 Å². The second kappa shape index (κ2) is 4.88. The zero-order chi connectivity index (χ0) is 8.85. The lowest BCUT2D eigenvalue weighted by Gasteiger charge is -2.03. The van der Waals surface area contributed by atoms with Crippen LogP contribution in [0.3, 0.4) is 0 Å². The Balaban J connectivity index is 3.61. The van der Waals surface area contributed by atoms with Gasteiger partial charge in [0.2, 0.25) is 11.8 Å². The molecule has 3 nitrogen and oxygen atoms in total. The zero-order valence-corrected chi connectivity index (χ0v) is 7.31. The molecule has 1 N–H and O–H groups in total. The minimum Gasteiger partial charge on any atom is -0.296 e. The molecule has 0 heterocycles. The fraction of sp³-hybridized carbons (Fsp3) is 0.750. The molecule has 3 heteroatoms. The van der Waals surface area contributed by atoms with E-state index < -0.39 is 0 Å². The first-order chi connectivity index (χ1) is 5.06. The number of hydrogen-bond acceptors (Lipinski definition) is 2. The molecule has 0 aliphatic heterocycles. The van der Waals surface area contributed by atoms with Gasteiger partial charge in [-0.1, -0.05) is 20.8 Å². The maximum absolute atomic E-state index is 10.9. The highest BCUT2D eigenvalue weighted by molar-refractivity contribution is 5.94. The average molecular weight is 157 g/mol. The molecule has 0 aromatic heterocycles. The molecule has 0 fully saturated rings. The second-order valence-corrected chi connectivity index (χ2v) is 2.92. The normalized spacial score (nSPS) is 9.82. The first-order valence-electron chi connectivity index (χ1n) is 3.89. The van der Waals surface area contributed by atoms with E-state index in [1.54, 1.807) is 6.92 Å². The first-order valence-corrected chi connectivity index (χ1v) is 3.89. The minimum absolute atomic E-state index is 0.174. The lowest BCUT2D eigenvalue weighted by molar-refractivity contribution is -0.130. The lowest BCUT2D eigenvalue weighted by Crippen LogP contribution is -2.30. The molecule has 0 aliphatic carbocycles. The molecule has 0 aliphatic rings. The second-order valence-electron chi connectivity index (χ2n) is 2.92. The number of rotatable bonds is 3. The predicted molar refractivity (Wildman–Crippen MR) is 42.9 cm³/mol. The van der Waals surface area contributed by atoms with Crippen LogP contribution in [-0.4, -0.2) is 11.8 Å². The Morgan fingerprint density at radius 2 is 1.82 bits per heavy atom. The Bertz CT molecular complexity index is 152. The third kappa shape index (κ3) is 5.58. The van der Waals surface area contributed by atoms with Gasteiger partial charge in [0.1, 0.15) is 0 Å². The predicted octanol–water partition coefficient (Wildman–Crippen LogP) is 1.09. The standard InChI is InChI=1S/C8H15NO2/c1-4-7(10)9-8(11)5-6(2)3/h6H,4-5H2,1-3H3,(H,9,10,11). The van der Waals surface area contributed by atoms with E-state index >= 15 is 0 Å². The van der Waals surface area contributed by atoms with Crippen LogP contribution in [0.4, 0.5) is 0 Å². The topological polar surface area (TPSA) is 46.2 Å². The van der Waals surface area contributed by atoms with E-state index in [0.29, 0.717) is 18.8 Å². The number of carbonyl (C=O) groups is 2. The van der Waals surface area contributed by atoms with E-state index in [2.05, 4.69) is 5.32 Å². The van der Waals surface area contributed by atoms with E-state index in [0.717, 1.165) is 0 Å². The fourth-order valence-electron chi connectivity index (χ4n) is 0.666. The maximum atomic E-state index is 10.9. The van der Waals surface area contributed by atoms with Crippen molar-refractivity contribution in [3.05, 3.63) is 0 Å². The molecule has 0 bridgehead atoms. The van der Waals surface area contributed by atoms with Crippen LogP contribution in [0.2, 0.25) is 0 Å². The van der Waals surface area contributed by atoms with Crippen LogP contribution >= 0.6 is 0 Å². The molecule has 0 aromatic rings. The SMILES string of the molecule is CCC(=O)NC(=O)CC(C)C. The van der Waals surface area contributed by atoms with Crippen molar-refractivity contribution in [1.82, 2.24) is 5.32 Å². The van der Waals surface area contributed by atoms with Crippen LogP contribution in [0, 0.1) is 5.92 Å². The molecule has 2 amide bonds. The van der Waals surface area contributed by atoms with Gasteiger partial charge in [0, 0.05) is 12.8 Å². The number of amides is 2. The molecule has 0 saturated carbocycles. The van der Waals surface area contributed by atoms with Crippen LogP contribution < -0.4 is 5.32 Å². The summed E-state index contributed by atoms with van der Waals surface area (Å²) in [6, 6.07) is 0. The van der Waals surface area contributed by atoms with E-state index in [9.17, 15) is 9.59 Å². The lowest BCUT2D eigenvalue weighted by atomic mass is 10.1. The van der Waals surface area contributed by atoms with Crippen molar-refractivity contribution in [2.75, 3.05) is 0 Å². The Kier molecular flexibility index (Phi) is 4.50. The number of imide groups is 1. The Morgan fingerprint density at radius 3 is 2.18 bits per heavy atom. The number of hydrogen-bond donors (Lipinski definition) is 1. The molecule has 0 atom stereocenters. The fourth-order valence-corrected chi connectivity index (χ4v) is 0.666. The van der Waals surface area contributed by atoms with Crippen LogP contribution in [0.5, 0.6) is 0 Å². The summed E-state index contributed by atoms with van der Waals surface area (Å²) in [6.45, 7) is 5.60. The zero-order valence-electron chi connectivity index (χ0n) is 7.31. The van der Waals surface area contributed by atoms with Gasteiger partial charge < -0.3 is 0 Å². The summed E-state index contributed by atoms with van der Waals surface area (Å²) in [5.74, 6) is -0.0674. The van der Waals surface area contributed by atoms with Gasteiger partial charge in [-0.3, -0.25) is 14.9 Å². The summed E-state index contributed by atoms with van der Waals surface area (Å²) in [7, 11) is 0. The Morgan fingerprint density at radius 1 is 1.27 bits per heavy atom. The highest BCUT2D eigenvalue weighted by Crippen LogP contribution is 1.97. The van der Waals surface area contributed by atoms with Crippen molar-refractivity contribution < 1.29 is 9.59 Å². The van der Waals surface area contributed by atoms with E-state index in [1.807, 2.05) is 13.8 Å². The van der Waals surface area contributed by atoms with Crippen molar-refractivity contribution in [1.29, 1.82) is 0 Å². The largest absolute Gasteiger partial charge is 0.296 e. The van der Waals surface area contributed by atoms with Crippen molar-refractivity contribution in [3.63, 3.8) is 0 Å². The minimum atomic E-state index is -0.198. The van der Waals surface area contributed by atoms with Crippen molar-refractivity contribution in [2.24, 2.45) is 5.92 Å². The third-order valence-corrected chi connectivity index (χ3v) is 1.19. The summed E-state index contributed by atoms with van der Waals surface area (Å²) in [4.78, 5) is 21.6. The smallest absolute Gasteiger partial charge is 0.226 e. The molecular weight excluding hydrogens is 142 g/mol. The van der Waals surface area contributed by atoms with E-state index in [1.165, 1.54) is 0 Å². The van der Waals surface area contributed by atoms with Crippen LogP contribution in [0.1, 0.15) is 33.6 Å². The van der Waals surface area contributed by atoms with Crippen molar-refractivity contribution in [3.8, 4) is 0 Å². The van der Waals surface area contributed by atoms with E-state index in [-0.39, 0.29) is 11.8 Å². The van der Waals surface area contributed by atoms with Gasteiger partial charge in [-0.05, 0) is 5.92 Å². The third-order valence-electron chi connectivity index (χ3n) is 1.19. The molecule has 11 heavy (non-hydrogen) atoms. The monoisotopic (exact) mass is 157 g/mol. The Hall–Kier alpha value is -0.860. The van der Waals surface area contributed by atoms with Gasteiger partial charge in [-0.25, -0.2) is 0 Å². The van der Waals surface area contributed by atoms with Gasteiger partial charge >= 0.3 is 0 Å². The summed E-state index contributed by atoms with van der Waals surface area (Å²) in [5, 5.41) is 2.28. The summed E-state index contributed by atoms with van der Waals surface area (Å²) in [5.41, 5.74) is 0. The molecule has 0 spiro atoms. The highest BCUT2D eigenvalue weighted by Gasteiger charge is 2.06. The molecule has 0 rings (SSSR count). The number of nitrogens with one attached hydrogen (secondary N) is 1. The average Bonchev–Trinajstić information content (AvgIpc) is 1.85. The van der Waals surface area contributed by atoms with Crippen LogP contribution in [-0.2, 0) is 9.59 Å². The van der Waals surface area contributed by atoms with E-state index in [4.69, 9.17) is 0 Å². The molecular formula is C8H15NO2. The number of carbonyl (C=O) groups excluding carboxylic acids is 2. The van der Waals surface area contributed by atoms with Gasteiger partial charge in [0.25, 0.3) is 0 Å². The maximum Gasteiger partial charge on any atom is 0.226 e. The molecule has 0 aromatic carbocycles.